The van der Waals surface area contributed by atoms with Gasteiger partial charge in [-0.3, -0.25) is 4.79 Å². The Morgan fingerprint density at radius 2 is 1.50 bits per heavy atom. The molecule has 0 aromatic heterocycles. The van der Waals surface area contributed by atoms with Gasteiger partial charge in [-0.15, -0.1) is 0 Å². The molecule has 0 bridgehead atoms. The lowest BCUT2D eigenvalue weighted by atomic mass is 9.69. The lowest BCUT2D eigenvalue weighted by molar-refractivity contribution is -0.131. The molecule has 0 aliphatic rings. The first-order valence-electron chi connectivity index (χ1n) is 3.49. The number of amides is 1. The smallest absolute Gasteiger partial charge is 0.223 e. The maximum Gasteiger partial charge on any atom is 0.223 e. The fourth-order valence-electron chi connectivity index (χ4n) is 0.370. The Morgan fingerprint density at radius 1 is 1.20 bits per heavy atom. The summed E-state index contributed by atoms with van der Waals surface area (Å²) in [6, 6.07) is 0. The Labute approximate surface area is 64.3 Å². The second kappa shape index (κ2) is 2.26. The molecule has 62 valence electrons. The van der Waals surface area contributed by atoms with Crippen LogP contribution in [0.2, 0.25) is 0 Å². The summed E-state index contributed by atoms with van der Waals surface area (Å²) < 4.78 is 0. The highest BCUT2D eigenvalue weighted by atomic mass is 16.1. The first-order chi connectivity index (χ1) is 4.19. The number of hydrogen-bond acceptors (Lipinski definition) is 1. The van der Waals surface area contributed by atoms with Crippen molar-refractivity contribution in [1.29, 1.82) is 0 Å². The van der Waals surface area contributed by atoms with E-state index in [1.54, 1.807) is 0 Å². The quantitative estimate of drug-likeness (QED) is 0.600. The largest absolute Gasteiger partial charge is 0.369 e. The Bertz CT molecular complexity index is 147. The third kappa shape index (κ3) is 1.49. The maximum atomic E-state index is 10.9. The molecule has 0 aromatic rings. The van der Waals surface area contributed by atoms with Crippen molar-refractivity contribution in [1.82, 2.24) is 0 Å². The van der Waals surface area contributed by atoms with Crippen LogP contribution in [0, 0.1) is 10.8 Å². The van der Waals surface area contributed by atoms with E-state index in [-0.39, 0.29) is 12.7 Å². The number of nitrogens with two attached hydrogens (primary N) is 1. The zero-order valence-corrected chi connectivity index (χ0v) is 7.49. The Hall–Kier alpha value is -0.530. The van der Waals surface area contributed by atoms with Crippen LogP contribution in [0.4, 0.5) is 0 Å². The molecule has 0 saturated carbocycles. The van der Waals surface area contributed by atoms with Gasteiger partial charge in [0, 0.05) is 6.84 Å². The number of carbonyl (C=O) groups excluding carboxylic acids is 1. The van der Waals surface area contributed by atoms with Crippen molar-refractivity contribution < 1.29 is 6.22 Å². The SMILES string of the molecule is CC(C)(C)C(C)(C)C(N)=O.[HH]. The van der Waals surface area contributed by atoms with E-state index in [1.807, 2.05) is 34.6 Å². The maximum absolute atomic E-state index is 10.9. The van der Waals surface area contributed by atoms with Crippen LogP contribution in [0.15, 0.2) is 0 Å². The van der Waals surface area contributed by atoms with Crippen LogP contribution in [0.1, 0.15) is 36.0 Å². The van der Waals surface area contributed by atoms with Crippen LogP contribution in [-0.2, 0) is 4.79 Å². The normalized spacial score (nSPS) is 13.3. The molecule has 0 aliphatic heterocycles. The third-order valence-corrected chi connectivity index (χ3v) is 2.49. The second-order valence-electron chi connectivity index (χ2n) is 4.24. The first kappa shape index (κ1) is 9.47. The molecule has 2 heteroatoms. The molecule has 0 saturated heterocycles. The van der Waals surface area contributed by atoms with E-state index in [4.69, 9.17) is 5.73 Å². The van der Waals surface area contributed by atoms with E-state index in [2.05, 4.69) is 0 Å². The van der Waals surface area contributed by atoms with Gasteiger partial charge >= 0.3 is 0 Å². The van der Waals surface area contributed by atoms with Gasteiger partial charge in [0.2, 0.25) is 5.91 Å². The lowest BCUT2D eigenvalue weighted by Gasteiger charge is -2.35. The molecule has 2 N–H and O–H groups in total. The Morgan fingerprint density at radius 3 is 1.50 bits per heavy atom. The summed E-state index contributed by atoms with van der Waals surface area (Å²) in [4.78, 5) is 10.9. The van der Waals surface area contributed by atoms with Crippen molar-refractivity contribution in [3.63, 3.8) is 0 Å². The molecule has 2 nitrogen and oxygen atoms in total. The summed E-state index contributed by atoms with van der Waals surface area (Å²) in [6.07, 6.45) is 0. The fraction of sp³-hybridized carbons (Fsp3) is 0.875. The number of carbonyl (C=O) groups is 1. The number of rotatable bonds is 1. The molecule has 0 spiro atoms. The van der Waals surface area contributed by atoms with Crippen molar-refractivity contribution in [2.24, 2.45) is 16.6 Å². The van der Waals surface area contributed by atoms with Crippen LogP contribution < -0.4 is 5.73 Å². The predicted molar refractivity (Wildman–Crippen MR) is 44.5 cm³/mol. The van der Waals surface area contributed by atoms with Gasteiger partial charge in [0.15, 0.2) is 0 Å². The molecular weight excluding hydrogens is 126 g/mol. The molecule has 0 radical (unpaired) electrons. The van der Waals surface area contributed by atoms with Crippen molar-refractivity contribution in [2.75, 3.05) is 0 Å². The summed E-state index contributed by atoms with van der Waals surface area (Å²) in [5, 5.41) is 0. The zero-order valence-electron chi connectivity index (χ0n) is 7.49. The molecule has 0 aliphatic carbocycles. The van der Waals surface area contributed by atoms with Gasteiger partial charge in [-0.25, -0.2) is 0 Å². The monoisotopic (exact) mass is 145 g/mol. The molecule has 0 heterocycles. The zero-order chi connectivity index (χ0) is 8.58. The number of hydrogen-bond donors (Lipinski definition) is 1. The fourth-order valence-corrected chi connectivity index (χ4v) is 0.370. The van der Waals surface area contributed by atoms with Gasteiger partial charge in [-0.2, -0.15) is 0 Å². The molecule has 0 fully saturated rings. The van der Waals surface area contributed by atoms with Crippen molar-refractivity contribution in [3.8, 4) is 0 Å². The second-order valence-corrected chi connectivity index (χ2v) is 4.24. The van der Waals surface area contributed by atoms with Gasteiger partial charge in [-0.1, -0.05) is 34.6 Å². The molecular formula is C8H19NO. The van der Waals surface area contributed by atoms with Crippen LogP contribution in [-0.4, -0.2) is 5.91 Å². The topological polar surface area (TPSA) is 43.1 Å². The average Bonchev–Trinajstić information content (AvgIpc) is 1.62. The third-order valence-electron chi connectivity index (χ3n) is 2.49. The minimum absolute atomic E-state index is 0. The highest BCUT2D eigenvalue weighted by Crippen LogP contribution is 2.37. The first-order valence-corrected chi connectivity index (χ1v) is 3.49. The van der Waals surface area contributed by atoms with E-state index in [9.17, 15) is 4.79 Å². The van der Waals surface area contributed by atoms with Gasteiger partial charge in [0.05, 0.1) is 0 Å². The van der Waals surface area contributed by atoms with E-state index in [0.29, 0.717) is 0 Å². The predicted octanol–water partition coefficient (Wildman–Crippen LogP) is 1.79. The van der Waals surface area contributed by atoms with Gasteiger partial charge in [-0.05, 0) is 5.41 Å². The van der Waals surface area contributed by atoms with Crippen LogP contribution >= 0.6 is 0 Å². The Kier molecular flexibility index (Phi) is 2.14. The summed E-state index contributed by atoms with van der Waals surface area (Å²) in [7, 11) is 0. The summed E-state index contributed by atoms with van der Waals surface area (Å²) >= 11 is 0. The summed E-state index contributed by atoms with van der Waals surface area (Å²) in [5.74, 6) is -0.236. The summed E-state index contributed by atoms with van der Waals surface area (Å²) in [5.41, 5.74) is 4.74. The average molecular weight is 145 g/mol. The van der Waals surface area contributed by atoms with Crippen molar-refractivity contribution in [2.45, 2.75) is 34.6 Å². The van der Waals surface area contributed by atoms with Crippen molar-refractivity contribution >= 4 is 5.91 Å². The number of primary amides is 1. The van der Waals surface area contributed by atoms with E-state index in [0.717, 1.165) is 0 Å². The van der Waals surface area contributed by atoms with Gasteiger partial charge in [0.1, 0.15) is 0 Å². The molecule has 1 amide bonds. The highest BCUT2D eigenvalue weighted by molar-refractivity contribution is 5.80. The van der Waals surface area contributed by atoms with Crippen LogP contribution in [0.5, 0.6) is 0 Å². The molecule has 0 atom stereocenters. The highest BCUT2D eigenvalue weighted by Gasteiger charge is 2.37. The standard InChI is InChI=1S/C8H17NO.H2/c1-7(2,3)8(4,5)6(9)10;/h1-5H3,(H2,9,10);1H. The van der Waals surface area contributed by atoms with E-state index >= 15 is 0 Å². The minimum Gasteiger partial charge on any atom is -0.369 e. The molecule has 0 rings (SSSR count). The summed E-state index contributed by atoms with van der Waals surface area (Å²) in [6.45, 7) is 9.78. The molecule has 0 aromatic carbocycles. The van der Waals surface area contributed by atoms with E-state index in [1.165, 1.54) is 0 Å². The van der Waals surface area contributed by atoms with E-state index < -0.39 is 5.41 Å². The lowest BCUT2D eigenvalue weighted by Crippen LogP contribution is -2.42. The van der Waals surface area contributed by atoms with Gasteiger partial charge in [0.25, 0.3) is 0 Å². The minimum atomic E-state index is -0.424. The molecule has 0 unspecified atom stereocenters. The van der Waals surface area contributed by atoms with Crippen LogP contribution in [0.3, 0.4) is 0 Å². The Balaban J connectivity index is 0. The van der Waals surface area contributed by atoms with Gasteiger partial charge < -0.3 is 5.73 Å². The van der Waals surface area contributed by atoms with Crippen molar-refractivity contribution in [3.05, 3.63) is 0 Å². The molecule has 10 heavy (non-hydrogen) atoms. The van der Waals surface area contributed by atoms with Crippen LogP contribution in [0.25, 0.3) is 0 Å².